The molecule has 2 atom stereocenters. The van der Waals surface area contributed by atoms with E-state index in [1.165, 1.54) is 0 Å². The molecular weight excluding hydrogens is 168 g/mol. The van der Waals surface area contributed by atoms with Gasteiger partial charge in [0, 0.05) is 12.2 Å². The molecule has 1 nitrogen and oxygen atoms in total. The summed E-state index contributed by atoms with van der Waals surface area (Å²) in [7, 11) is 0. The third-order valence-electron chi connectivity index (χ3n) is 2.50. The summed E-state index contributed by atoms with van der Waals surface area (Å²) in [6.45, 7) is 3.97. The van der Waals surface area contributed by atoms with Gasteiger partial charge in [-0.2, -0.15) is 11.8 Å². The van der Waals surface area contributed by atoms with Crippen LogP contribution in [-0.4, -0.2) is 22.2 Å². The SMILES string of the molecule is CC#CCCC1(O)CSCC1C. The zero-order valence-electron chi connectivity index (χ0n) is 7.76. The van der Waals surface area contributed by atoms with Crippen LogP contribution in [0.3, 0.4) is 0 Å². The van der Waals surface area contributed by atoms with Crippen molar-refractivity contribution in [1.29, 1.82) is 0 Å². The Balaban J connectivity index is 2.41. The number of thioether (sulfide) groups is 1. The van der Waals surface area contributed by atoms with Crippen LogP contribution in [0.25, 0.3) is 0 Å². The summed E-state index contributed by atoms with van der Waals surface area (Å²) in [5, 5.41) is 10.1. The van der Waals surface area contributed by atoms with Gasteiger partial charge in [-0.1, -0.05) is 6.92 Å². The lowest BCUT2D eigenvalue weighted by Crippen LogP contribution is -2.35. The molecule has 1 N–H and O–H groups in total. The van der Waals surface area contributed by atoms with Gasteiger partial charge in [-0.15, -0.1) is 11.8 Å². The topological polar surface area (TPSA) is 20.2 Å². The van der Waals surface area contributed by atoms with Crippen LogP contribution in [-0.2, 0) is 0 Å². The van der Waals surface area contributed by atoms with Crippen LogP contribution in [0.15, 0.2) is 0 Å². The third-order valence-corrected chi connectivity index (χ3v) is 3.94. The molecule has 1 aliphatic rings. The van der Waals surface area contributed by atoms with E-state index in [1.54, 1.807) is 0 Å². The molecule has 1 aliphatic heterocycles. The minimum Gasteiger partial charge on any atom is -0.389 e. The van der Waals surface area contributed by atoms with Crippen LogP contribution in [0.4, 0.5) is 0 Å². The second kappa shape index (κ2) is 4.20. The first-order chi connectivity index (χ1) is 5.69. The molecule has 68 valence electrons. The van der Waals surface area contributed by atoms with E-state index in [2.05, 4.69) is 18.8 Å². The van der Waals surface area contributed by atoms with Crippen molar-refractivity contribution in [1.82, 2.24) is 0 Å². The zero-order chi connectivity index (χ0) is 9.03. The van der Waals surface area contributed by atoms with E-state index in [1.807, 2.05) is 18.7 Å². The van der Waals surface area contributed by atoms with Crippen molar-refractivity contribution in [3.8, 4) is 11.8 Å². The fraction of sp³-hybridized carbons (Fsp3) is 0.800. The van der Waals surface area contributed by atoms with Gasteiger partial charge in [-0.05, 0) is 25.0 Å². The molecule has 2 heteroatoms. The molecule has 1 heterocycles. The van der Waals surface area contributed by atoms with Gasteiger partial charge in [-0.3, -0.25) is 0 Å². The van der Waals surface area contributed by atoms with Crippen LogP contribution in [0.1, 0.15) is 26.7 Å². The average Bonchev–Trinajstić information content (AvgIpc) is 2.34. The van der Waals surface area contributed by atoms with Crippen LogP contribution in [0, 0.1) is 17.8 Å². The summed E-state index contributed by atoms with van der Waals surface area (Å²) in [6, 6.07) is 0. The number of hydrogen-bond acceptors (Lipinski definition) is 2. The average molecular weight is 184 g/mol. The van der Waals surface area contributed by atoms with Crippen LogP contribution >= 0.6 is 11.8 Å². The highest BCUT2D eigenvalue weighted by Crippen LogP contribution is 2.36. The van der Waals surface area contributed by atoms with Crippen molar-refractivity contribution >= 4 is 11.8 Å². The first kappa shape index (κ1) is 9.95. The van der Waals surface area contributed by atoms with E-state index in [0.717, 1.165) is 24.3 Å². The molecule has 0 aromatic carbocycles. The molecule has 0 radical (unpaired) electrons. The van der Waals surface area contributed by atoms with Gasteiger partial charge in [-0.25, -0.2) is 0 Å². The van der Waals surface area contributed by atoms with E-state index in [9.17, 15) is 5.11 Å². The molecule has 1 fully saturated rings. The minimum atomic E-state index is -0.436. The summed E-state index contributed by atoms with van der Waals surface area (Å²) < 4.78 is 0. The van der Waals surface area contributed by atoms with E-state index in [0.29, 0.717) is 5.92 Å². The molecule has 0 saturated carbocycles. The molecule has 0 aliphatic carbocycles. The van der Waals surface area contributed by atoms with Crippen molar-refractivity contribution in [2.24, 2.45) is 5.92 Å². The van der Waals surface area contributed by atoms with E-state index < -0.39 is 5.60 Å². The summed E-state index contributed by atoms with van der Waals surface area (Å²) >= 11 is 1.85. The Morgan fingerprint density at radius 2 is 2.42 bits per heavy atom. The maximum atomic E-state index is 10.1. The second-order valence-electron chi connectivity index (χ2n) is 3.45. The van der Waals surface area contributed by atoms with Crippen LogP contribution < -0.4 is 0 Å². The van der Waals surface area contributed by atoms with Gasteiger partial charge in [0.1, 0.15) is 0 Å². The summed E-state index contributed by atoms with van der Waals surface area (Å²) in [5.74, 6) is 8.27. The Kier molecular flexibility index (Phi) is 3.49. The van der Waals surface area contributed by atoms with Crippen molar-refractivity contribution in [2.45, 2.75) is 32.3 Å². The lowest BCUT2D eigenvalue weighted by molar-refractivity contribution is 0.0205. The van der Waals surface area contributed by atoms with Crippen molar-refractivity contribution in [3.63, 3.8) is 0 Å². The maximum absolute atomic E-state index is 10.1. The van der Waals surface area contributed by atoms with Gasteiger partial charge < -0.3 is 5.11 Å². The highest BCUT2D eigenvalue weighted by Gasteiger charge is 2.37. The van der Waals surface area contributed by atoms with Gasteiger partial charge in [0.25, 0.3) is 0 Å². The van der Waals surface area contributed by atoms with Gasteiger partial charge in [0.15, 0.2) is 0 Å². The van der Waals surface area contributed by atoms with Crippen molar-refractivity contribution in [3.05, 3.63) is 0 Å². The van der Waals surface area contributed by atoms with E-state index >= 15 is 0 Å². The summed E-state index contributed by atoms with van der Waals surface area (Å²) in [5.41, 5.74) is -0.436. The molecule has 0 spiro atoms. The molecule has 0 aromatic heterocycles. The monoisotopic (exact) mass is 184 g/mol. The van der Waals surface area contributed by atoms with Gasteiger partial charge >= 0.3 is 0 Å². The first-order valence-electron chi connectivity index (χ1n) is 4.39. The van der Waals surface area contributed by atoms with E-state index in [4.69, 9.17) is 0 Å². The Morgan fingerprint density at radius 1 is 1.67 bits per heavy atom. The summed E-state index contributed by atoms with van der Waals surface area (Å²) in [4.78, 5) is 0. The molecule has 0 amide bonds. The highest BCUT2D eigenvalue weighted by molar-refractivity contribution is 7.99. The molecule has 1 saturated heterocycles. The van der Waals surface area contributed by atoms with E-state index in [-0.39, 0.29) is 0 Å². The zero-order valence-corrected chi connectivity index (χ0v) is 8.58. The third kappa shape index (κ3) is 2.18. The largest absolute Gasteiger partial charge is 0.389 e. The lowest BCUT2D eigenvalue weighted by atomic mass is 9.88. The number of rotatable bonds is 2. The minimum absolute atomic E-state index is 0.432. The fourth-order valence-electron chi connectivity index (χ4n) is 1.43. The maximum Gasteiger partial charge on any atom is 0.0780 e. The lowest BCUT2D eigenvalue weighted by Gasteiger charge is -2.25. The van der Waals surface area contributed by atoms with Gasteiger partial charge in [0.2, 0.25) is 0 Å². The Labute approximate surface area is 78.9 Å². The first-order valence-corrected chi connectivity index (χ1v) is 5.54. The molecular formula is C10H16OS. The van der Waals surface area contributed by atoms with Crippen LogP contribution in [0.2, 0.25) is 0 Å². The Bertz CT molecular complexity index is 204. The predicted octanol–water partition coefficient (Wildman–Crippen LogP) is 1.90. The Hall–Kier alpha value is -0.130. The quantitative estimate of drug-likeness (QED) is 0.661. The molecule has 12 heavy (non-hydrogen) atoms. The van der Waals surface area contributed by atoms with Crippen molar-refractivity contribution < 1.29 is 5.11 Å². The molecule has 0 bridgehead atoms. The molecule has 1 rings (SSSR count). The molecule has 2 unspecified atom stereocenters. The summed E-state index contributed by atoms with van der Waals surface area (Å²) in [6.07, 6.45) is 1.67. The molecule has 0 aromatic rings. The highest BCUT2D eigenvalue weighted by atomic mass is 32.2. The number of aliphatic hydroxyl groups is 1. The smallest absolute Gasteiger partial charge is 0.0780 e. The van der Waals surface area contributed by atoms with Gasteiger partial charge in [0.05, 0.1) is 5.60 Å². The Morgan fingerprint density at radius 3 is 2.92 bits per heavy atom. The fourth-order valence-corrected chi connectivity index (χ4v) is 3.00. The normalized spacial score (nSPS) is 34.4. The van der Waals surface area contributed by atoms with Crippen molar-refractivity contribution in [2.75, 3.05) is 11.5 Å². The van der Waals surface area contributed by atoms with Crippen LogP contribution in [0.5, 0.6) is 0 Å². The predicted molar refractivity (Wildman–Crippen MR) is 54.1 cm³/mol. The second-order valence-corrected chi connectivity index (χ2v) is 4.48. The standard InChI is InChI=1S/C10H16OS/c1-3-4-5-6-10(11)8-12-7-9(10)2/h9,11H,5-8H2,1-2H3. The number of hydrogen-bond donors (Lipinski definition) is 1.